The third-order valence-corrected chi connectivity index (χ3v) is 5.54. The Morgan fingerprint density at radius 1 is 1.13 bits per heavy atom. The molecule has 0 bridgehead atoms. The molecular formula is C23H25N3O4. The van der Waals surface area contributed by atoms with Crippen LogP contribution < -0.4 is 4.74 Å². The summed E-state index contributed by atoms with van der Waals surface area (Å²) in [5, 5.41) is 0. The fourth-order valence-electron chi connectivity index (χ4n) is 3.85. The van der Waals surface area contributed by atoms with Gasteiger partial charge in [0, 0.05) is 25.5 Å². The Morgan fingerprint density at radius 2 is 1.90 bits per heavy atom. The minimum Gasteiger partial charge on any atom is -0.486 e. The number of carbonyl (C=O) groups is 2. The SMILES string of the molecule is COC(=O)C1CCN(C(=O)c2ccccc2OCc2cn3cccc(C)c3n2)CC1. The number of aryl methyl sites for hydroxylation is 1. The maximum absolute atomic E-state index is 13.1. The highest BCUT2D eigenvalue weighted by Gasteiger charge is 2.29. The number of nitrogens with zero attached hydrogens (tertiary/aromatic N) is 3. The van der Waals surface area contributed by atoms with Crippen molar-refractivity contribution in [1.29, 1.82) is 0 Å². The first-order valence-electron chi connectivity index (χ1n) is 10.1. The van der Waals surface area contributed by atoms with Gasteiger partial charge in [0.05, 0.1) is 24.3 Å². The summed E-state index contributed by atoms with van der Waals surface area (Å²) < 4.78 is 12.8. The average Bonchev–Trinajstić information content (AvgIpc) is 3.21. The molecule has 0 atom stereocenters. The number of aromatic nitrogens is 2. The normalized spacial score (nSPS) is 14.7. The molecule has 0 saturated carbocycles. The average molecular weight is 407 g/mol. The molecule has 156 valence electrons. The van der Waals surface area contributed by atoms with Crippen LogP contribution in [-0.2, 0) is 16.1 Å². The number of esters is 1. The molecule has 4 rings (SSSR count). The molecule has 1 aromatic carbocycles. The molecule has 1 saturated heterocycles. The summed E-state index contributed by atoms with van der Waals surface area (Å²) in [5.74, 6) is 0.115. The predicted octanol–water partition coefficient (Wildman–Crippen LogP) is 3.25. The number of likely N-dealkylation sites (tertiary alicyclic amines) is 1. The summed E-state index contributed by atoms with van der Waals surface area (Å²) in [7, 11) is 1.40. The molecule has 1 amide bonds. The van der Waals surface area contributed by atoms with Crippen molar-refractivity contribution in [3.63, 3.8) is 0 Å². The van der Waals surface area contributed by atoms with E-state index in [0.29, 0.717) is 37.2 Å². The van der Waals surface area contributed by atoms with Crippen LogP contribution in [0, 0.1) is 12.8 Å². The van der Waals surface area contributed by atoms with E-state index in [1.165, 1.54) is 7.11 Å². The molecule has 1 aliphatic rings. The molecule has 0 spiro atoms. The van der Waals surface area contributed by atoms with E-state index in [1.54, 1.807) is 17.0 Å². The molecule has 1 aliphatic heterocycles. The highest BCUT2D eigenvalue weighted by molar-refractivity contribution is 5.97. The molecule has 3 aromatic rings. The van der Waals surface area contributed by atoms with Gasteiger partial charge in [0.25, 0.3) is 5.91 Å². The van der Waals surface area contributed by atoms with Crippen LogP contribution in [0.3, 0.4) is 0 Å². The Kier molecular flexibility index (Phi) is 5.70. The van der Waals surface area contributed by atoms with E-state index in [0.717, 1.165) is 16.9 Å². The van der Waals surface area contributed by atoms with Crippen LogP contribution in [0.2, 0.25) is 0 Å². The van der Waals surface area contributed by atoms with Crippen LogP contribution in [-0.4, -0.2) is 46.4 Å². The number of carbonyl (C=O) groups excluding carboxylic acids is 2. The molecule has 0 N–H and O–H groups in total. The van der Waals surface area contributed by atoms with Gasteiger partial charge >= 0.3 is 5.97 Å². The Bertz CT molecular complexity index is 1070. The third-order valence-electron chi connectivity index (χ3n) is 5.54. The molecule has 7 nitrogen and oxygen atoms in total. The fourth-order valence-corrected chi connectivity index (χ4v) is 3.85. The number of methoxy groups -OCH3 is 1. The van der Waals surface area contributed by atoms with Gasteiger partial charge < -0.3 is 18.8 Å². The number of pyridine rings is 1. The first kappa shape index (κ1) is 19.9. The van der Waals surface area contributed by atoms with Crippen molar-refractivity contribution >= 4 is 17.5 Å². The van der Waals surface area contributed by atoms with Crippen molar-refractivity contribution in [3.05, 3.63) is 65.6 Å². The van der Waals surface area contributed by atoms with Crippen LogP contribution in [0.25, 0.3) is 5.65 Å². The van der Waals surface area contributed by atoms with Crippen LogP contribution >= 0.6 is 0 Å². The predicted molar refractivity (Wildman–Crippen MR) is 111 cm³/mol. The van der Waals surface area contributed by atoms with Crippen LogP contribution in [0.5, 0.6) is 5.75 Å². The quantitative estimate of drug-likeness (QED) is 0.607. The van der Waals surface area contributed by atoms with Crippen LogP contribution in [0.15, 0.2) is 48.8 Å². The maximum atomic E-state index is 13.1. The Hall–Kier alpha value is -3.35. The Labute approximate surface area is 175 Å². The number of para-hydroxylation sites is 1. The number of hydrogen-bond acceptors (Lipinski definition) is 5. The first-order chi connectivity index (χ1) is 14.6. The number of amides is 1. The number of piperidine rings is 1. The summed E-state index contributed by atoms with van der Waals surface area (Å²) >= 11 is 0. The van der Waals surface area contributed by atoms with Crippen molar-refractivity contribution in [2.24, 2.45) is 5.92 Å². The molecular weight excluding hydrogens is 382 g/mol. The first-order valence-corrected chi connectivity index (χ1v) is 10.1. The Morgan fingerprint density at radius 3 is 2.63 bits per heavy atom. The van der Waals surface area contributed by atoms with Gasteiger partial charge in [0.1, 0.15) is 18.0 Å². The lowest BCUT2D eigenvalue weighted by Crippen LogP contribution is -2.40. The lowest BCUT2D eigenvalue weighted by atomic mass is 9.96. The largest absolute Gasteiger partial charge is 0.486 e. The number of benzene rings is 1. The molecule has 1 fully saturated rings. The lowest BCUT2D eigenvalue weighted by Gasteiger charge is -2.31. The zero-order valence-electron chi connectivity index (χ0n) is 17.2. The number of fused-ring (bicyclic) bond motifs is 1. The minimum absolute atomic E-state index is 0.0836. The van der Waals surface area contributed by atoms with Gasteiger partial charge in [-0.2, -0.15) is 0 Å². The second-order valence-electron chi connectivity index (χ2n) is 7.53. The van der Waals surface area contributed by atoms with Gasteiger partial charge in [-0.05, 0) is 43.5 Å². The van der Waals surface area contributed by atoms with Crippen LogP contribution in [0.4, 0.5) is 0 Å². The van der Waals surface area contributed by atoms with Gasteiger partial charge in [0.2, 0.25) is 0 Å². The van der Waals surface area contributed by atoms with Crippen molar-refractivity contribution < 1.29 is 19.1 Å². The third kappa shape index (κ3) is 4.01. The zero-order valence-corrected chi connectivity index (χ0v) is 17.2. The summed E-state index contributed by atoms with van der Waals surface area (Å²) in [4.78, 5) is 31.2. The summed E-state index contributed by atoms with van der Waals surface area (Å²) in [6.45, 7) is 3.34. The topological polar surface area (TPSA) is 73.1 Å². The van der Waals surface area contributed by atoms with Crippen molar-refractivity contribution in [3.8, 4) is 5.75 Å². The van der Waals surface area contributed by atoms with E-state index in [2.05, 4.69) is 4.98 Å². The van der Waals surface area contributed by atoms with E-state index in [-0.39, 0.29) is 24.4 Å². The van der Waals surface area contributed by atoms with Crippen molar-refractivity contribution in [2.45, 2.75) is 26.4 Å². The van der Waals surface area contributed by atoms with E-state index >= 15 is 0 Å². The van der Waals surface area contributed by atoms with Gasteiger partial charge in [-0.3, -0.25) is 9.59 Å². The van der Waals surface area contributed by atoms with Crippen LogP contribution in [0.1, 0.15) is 34.5 Å². The number of hydrogen-bond donors (Lipinski definition) is 0. The molecule has 30 heavy (non-hydrogen) atoms. The monoisotopic (exact) mass is 407 g/mol. The maximum Gasteiger partial charge on any atom is 0.308 e. The fraction of sp³-hybridized carbons (Fsp3) is 0.348. The van der Waals surface area contributed by atoms with Gasteiger partial charge in [-0.25, -0.2) is 4.98 Å². The van der Waals surface area contributed by atoms with Crippen molar-refractivity contribution in [2.75, 3.05) is 20.2 Å². The molecule has 0 aliphatic carbocycles. The Balaban J connectivity index is 1.45. The second-order valence-corrected chi connectivity index (χ2v) is 7.53. The van der Waals surface area contributed by atoms with E-state index in [4.69, 9.17) is 9.47 Å². The highest BCUT2D eigenvalue weighted by Crippen LogP contribution is 2.25. The van der Waals surface area contributed by atoms with E-state index < -0.39 is 0 Å². The number of rotatable bonds is 5. The second kappa shape index (κ2) is 8.57. The number of imidazole rings is 1. The van der Waals surface area contributed by atoms with Crippen molar-refractivity contribution in [1.82, 2.24) is 14.3 Å². The summed E-state index contributed by atoms with van der Waals surface area (Å²) in [6, 6.07) is 11.3. The molecule has 7 heteroatoms. The lowest BCUT2D eigenvalue weighted by molar-refractivity contribution is -0.146. The highest BCUT2D eigenvalue weighted by atomic mass is 16.5. The molecule has 3 heterocycles. The van der Waals surface area contributed by atoms with Gasteiger partial charge in [-0.1, -0.05) is 18.2 Å². The smallest absolute Gasteiger partial charge is 0.308 e. The molecule has 0 unspecified atom stereocenters. The number of ether oxygens (including phenoxy) is 2. The zero-order chi connectivity index (χ0) is 21.1. The molecule has 0 radical (unpaired) electrons. The van der Waals surface area contributed by atoms with E-state index in [1.807, 2.05) is 48.0 Å². The molecule has 2 aromatic heterocycles. The van der Waals surface area contributed by atoms with Gasteiger partial charge in [-0.15, -0.1) is 0 Å². The summed E-state index contributed by atoms with van der Waals surface area (Å²) in [5.41, 5.74) is 3.31. The van der Waals surface area contributed by atoms with E-state index in [9.17, 15) is 9.59 Å². The van der Waals surface area contributed by atoms with Gasteiger partial charge in [0.15, 0.2) is 0 Å². The summed E-state index contributed by atoms with van der Waals surface area (Å²) in [6.07, 6.45) is 5.11. The minimum atomic E-state index is -0.200. The standard InChI is InChI=1S/C23H25N3O4/c1-16-6-5-11-26-14-18(24-21(16)26)15-30-20-8-4-3-7-19(20)22(27)25-12-9-17(10-13-25)23(28)29-2/h3-8,11,14,17H,9-10,12-13,15H2,1-2H3.